The zero-order chi connectivity index (χ0) is 15.1. The van der Waals surface area contributed by atoms with Gasteiger partial charge in [0.15, 0.2) is 0 Å². The third-order valence-electron chi connectivity index (χ3n) is 3.93. The van der Waals surface area contributed by atoms with Gasteiger partial charge in [-0.15, -0.1) is 0 Å². The first-order valence-electron chi connectivity index (χ1n) is 7.75. The highest BCUT2D eigenvalue weighted by atomic mass is 16.5. The number of hydrogen-bond donors (Lipinski definition) is 1. The first kappa shape index (κ1) is 15.6. The van der Waals surface area contributed by atoms with Crippen LogP contribution in [0.25, 0.3) is 0 Å². The molecule has 2 unspecified atom stereocenters. The predicted molar refractivity (Wildman–Crippen MR) is 88.9 cm³/mol. The van der Waals surface area contributed by atoms with Gasteiger partial charge in [-0.3, -0.25) is 0 Å². The fourth-order valence-corrected chi connectivity index (χ4v) is 2.90. The predicted octanol–water partition coefficient (Wildman–Crippen LogP) is 4.54. The van der Waals surface area contributed by atoms with Gasteiger partial charge in [-0.2, -0.15) is 0 Å². The molecule has 2 nitrogen and oxygen atoms in total. The fourth-order valence-electron chi connectivity index (χ4n) is 2.90. The van der Waals surface area contributed by atoms with Crippen molar-refractivity contribution in [3.63, 3.8) is 0 Å². The standard InChI is InChI=1S/C19H25NO/c1-4-18(15-9-7-6-8-10-15)19(20-3)16-11-13-17(14-12-16)21-5-2/h6-14,18-20H,4-5H2,1-3H3. The maximum atomic E-state index is 5.53. The number of ether oxygens (including phenoxy) is 1. The lowest BCUT2D eigenvalue weighted by Crippen LogP contribution is -2.23. The molecule has 0 radical (unpaired) electrons. The zero-order valence-electron chi connectivity index (χ0n) is 13.2. The Bertz CT molecular complexity index is 521. The minimum absolute atomic E-state index is 0.313. The van der Waals surface area contributed by atoms with E-state index in [1.165, 1.54) is 11.1 Å². The van der Waals surface area contributed by atoms with E-state index in [2.05, 4.69) is 66.8 Å². The fraction of sp³-hybridized carbons (Fsp3) is 0.368. The molecule has 0 saturated carbocycles. The topological polar surface area (TPSA) is 21.3 Å². The van der Waals surface area contributed by atoms with Crippen LogP contribution in [0.5, 0.6) is 5.75 Å². The Morgan fingerprint density at radius 1 is 0.905 bits per heavy atom. The van der Waals surface area contributed by atoms with Gasteiger partial charge < -0.3 is 10.1 Å². The highest BCUT2D eigenvalue weighted by Crippen LogP contribution is 2.33. The van der Waals surface area contributed by atoms with E-state index in [1.54, 1.807) is 0 Å². The Morgan fingerprint density at radius 2 is 1.57 bits per heavy atom. The van der Waals surface area contributed by atoms with Crippen LogP contribution in [0.4, 0.5) is 0 Å². The number of hydrogen-bond acceptors (Lipinski definition) is 2. The summed E-state index contributed by atoms with van der Waals surface area (Å²) in [4.78, 5) is 0. The molecule has 0 aliphatic carbocycles. The molecule has 0 amide bonds. The van der Waals surface area contributed by atoms with Crippen molar-refractivity contribution in [1.29, 1.82) is 0 Å². The van der Waals surface area contributed by atoms with Gasteiger partial charge in [0, 0.05) is 12.0 Å². The molecule has 2 aromatic rings. The van der Waals surface area contributed by atoms with E-state index in [0.29, 0.717) is 18.6 Å². The van der Waals surface area contributed by atoms with Crippen LogP contribution in [0.15, 0.2) is 54.6 Å². The summed E-state index contributed by atoms with van der Waals surface area (Å²) in [5.41, 5.74) is 2.69. The van der Waals surface area contributed by atoms with Crippen molar-refractivity contribution in [1.82, 2.24) is 5.32 Å². The van der Waals surface area contributed by atoms with Crippen LogP contribution in [-0.2, 0) is 0 Å². The van der Waals surface area contributed by atoms with Gasteiger partial charge >= 0.3 is 0 Å². The molecule has 2 atom stereocenters. The van der Waals surface area contributed by atoms with E-state index in [4.69, 9.17) is 4.74 Å². The van der Waals surface area contributed by atoms with Crippen molar-refractivity contribution >= 4 is 0 Å². The minimum Gasteiger partial charge on any atom is -0.494 e. The molecule has 0 aliphatic heterocycles. The summed E-state index contributed by atoms with van der Waals surface area (Å²) in [6.45, 7) is 4.96. The second-order valence-corrected chi connectivity index (χ2v) is 5.19. The Hall–Kier alpha value is -1.80. The average molecular weight is 283 g/mol. The van der Waals surface area contributed by atoms with Crippen LogP contribution in [-0.4, -0.2) is 13.7 Å². The molecule has 0 bridgehead atoms. The summed E-state index contributed by atoms with van der Waals surface area (Å²) in [5.74, 6) is 1.40. The van der Waals surface area contributed by atoms with Crippen LogP contribution >= 0.6 is 0 Å². The Balaban J connectivity index is 2.24. The monoisotopic (exact) mass is 283 g/mol. The zero-order valence-corrected chi connectivity index (χ0v) is 13.2. The summed E-state index contributed by atoms with van der Waals surface area (Å²) in [6.07, 6.45) is 1.10. The molecule has 2 rings (SSSR count). The second-order valence-electron chi connectivity index (χ2n) is 5.19. The SMILES string of the molecule is CCOc1ccc(C(NC)C(CC)c2ccccc2)cc1. The van der Waals surface area contributed by atoms with Crippen molar-refractivity contribution in [2.75, 3.05) is 13.7 Å². The number of nitrogens with one attached hydrogen (secondary N) is 1. The normalized spacial score (nSPS) is 13.7. The maximum absolute atomic E-state index is 5.53. The van der Waals surface area contributed by atoms with Gasteiger partial charge in [-0.05, 0) is 43.7 Å². The Kier molecular flexibility index (Phi) is 5.82. The highest BCUT2D eigenvalue weighted by Gasteiger charge is 2.21. The molecule has 0 aromatic heterocycles. The Morgan fingerprint density at radius 3 is 2.10 bits per heavy atom. The maximum Gasteiger partial charge on any atom is 0.119 e. The van der Waals surface area contributed by atoms with Crippen molar-refractivity contribution in [2.24, 2.45) is 0 Å². The molecule has 2 heteroatoms. The first-order chi connectivity index (χ1) is 10.3. The van der Waals surface area contributed by atoms with Gasteiger partial charge in [-0.25, -0.2) is 0 Å². The van der Waals surface area contributed by atoms with Crippen LogP contribution in [0, 0.1) is 0 Å². The van der Waals surface area contributed by atoms with Gasteiger partial charge in [-0.1, -0.05) is 49.4 Å². The minimum atomic E-state index is 0.313. The molecule has 0 aliphatic rings. The molecule has 21 heavy (non-hydrogen) atoms. The van der Waals surface area contributed by atoms with Crippen molar-refractivity contribution in [3.8, 4) is 5.75 Å². The molecular formula is C19H25NO. The van der Waals surface area contributed by atoms with Crippen LogP contribution in [0.2, 0.25) is 0 Å². The Labute approximate surface area is 128 Å². The van der Waals surface area contributed by atoms with Gasteiger partial charge in [0.25, 0.3) is 0 Å². The largest absolute Gasteiger partial charge is 0.494 e. The number of benzene rings is 2. The van der Waals surface area contributed by atoms with E-state index >= 15 is 0 Å². The smallest absolute Gasteiger partial charge is 0.119 e. The third-order valence-corrected chi connectivity index (χ3v) is 3.93. The lowest BCUT2D eigenvalue weighted by molar-refractivity contribution is 0.340. The molecular weight excluding hydrogens is 258 g/mol. The molecule has 2 aromatic carbocycles. The molecule has 0 saturated heterocycles. The van der Waals surface area contributed by atoms with E-state index in [-0.39, 0.29) is 0 Å². The van der Waals surface area contributed by atoms with Crippen molar-refractivity contribution in [2.45, 2.75) is 32.2 Å². The third kappa shape index (κ3) is 3.85. The van der Waals surface area contributed by atoms with E-state index in [0.717, 1.165) is 12.2 Å². The van der Waals surface area contributed by atoms with Crippen LogP contribution in [0.3, 0.4) is 0 Å². The summed E-state index contributed by atoms with van der Waals surface area (Å²) < 4.78 is 5.53. The molecule has 0 fully saturated rings. The molecule has 112 valence electrons. The molecule has 1 N–H and O–H groups in total. The average Bonchev–Trinajstić information content (AvgIpc) is 2.54. The first-order valence-corrected chi connectivity index (χ1v) is 7.75. The van der Waals surface area contributed by atoms with Gasteiger partial charge in [0.1, 0.15) is 5.75 Å². The van der Waals surface area contributed by atoms with E-state index in [1.807, 2.05) is 14.0 Å². The summed E-state index contributed by atoms with van der Waals surface area (Å²) in [6, 6.07) is 19.5. The van der Waals surface area contributed by atoms with Crippen molar-refractivity contribution < 1.29 is 4.74 Å². The lowest BCUT2D eigenvalue weighted by Gasteiger charge is -2.27. The summed E-state index contributed by atoms with van der Waals surface area (Å²) in [7, 11) is 2.03. The van der Waals surface area contributed by atoms with Gasteiger partial charge in [0.2, 0.25) is 0 Å². The van der Waals surface area contributed by atoms with E-state index in [9.17, 15) is 0 Å². The van der Waals surface area contributed by atoms with E-state index < -0.39 is 0 Å². The summed E-state index contributed by atoms with van der Waals surface area (Å²) in [5, 5.41) is 3.48. The number of likely N-dealkylation sites (N-methyl/N-ethyl adjacent to an activating group) is 1. The summed E-state index contributed by atoms with van der Waals surface area (Å²) >= 11 is 0. The van der Waals surface area contributed by atoms with Crippen molar-refractivity contribution in [3.05, 3.63) is 65.7 Å². The second kappa shape index (κ2) is 7.84. The van der Waals surface area contributed by atoms with Crippen LogP contribution in [0.1, 0.15) is 43.4 Å². The quantitative estimate of drug-likeness (QED) is 0.805. The number of rotatable bonds is 7. The lowest BCUT2D eigenvalue weighted by atomic mass is 9.85. The molecule has 0 spiro atoms. The van der Waals surface area contributed by atoms with Crippen LogP contribution < -0.4 is 10.1 Å². The highest BCUT2D eigenvalue weighted by molar-refractivity contribution is 5.32. The molecule has 0 heterocycles. The van der Waals surface area contributed by atoms with Gasteiger partial charge in [0.05, 0.1) is 6.61 Å².